The minimum atomic E-state index is 0.586. The van der Waals surface area contributed by atoms with Crippen molar-refractivity contribution in [3.05, 3.63) is 23.4 Å². The third-order valence-corrected chi connectivity index (χ3v) is 3.24. The van der Waals surface area contributed by atoms with Crippen molar-refractivity contribution >= 4 is 17.4 Å². The molecular formula is C12H17ClN2. The average Bonchev–Trinajstić information content (AvgIpc) is 2.22. The minimum Gasteiger partial charge on any atom is -0.367 e. The van der Waals surface area contributed by atoms with Gasteiger partial charge < -0.3 is 5.32 Å². The Morgan fingerprint density at radius 2 is 2.27 bits per heavy atom. The lowest BCUT2D eigenvalue weighted by atomic mass is 9.87. The van der Waals surface area contributed by atoms with Crippen molar-refractivity contribution in [2.24, 2.45) is 5.92 Å². The maximum Gasteiger partial charge on any atom is 0.126 e. The van der Waals surface area contributed by atoms with Gasteiger partial charge in [-0.15, -0.1) is 0 Å². The molecule has 2 nitrogen and oxygen atoms in total. The van der Waals surface area contributed by atoms with Gasteiger partial charge in [0.05, 0.1) is 5.02 Å². The van der Waals surface area contributed by atoms with Gasteiger partial charge in [0.2, 0.25) is 0 Å². The molecule has 1 heterocycles. The van der Waals surface area contributed by atoms with Gasteiger partial charge in [-0.1, -0.05) is 31.4 Å². The molecule has 2 unspecified atom stereocenters. The van der Waals surface area contributed by atoms with E-state index in [2.05, 4.69) is 17.2 Å². The highest BCUT2D eigenvalue weighted by Crippen LogP contribution is 2.25. The molecule has 1 aromatic heterocycles. The first-order chi connectivity index (χ1) is 7.24. The maximum absolute atomic E-state index is 5.79. The lowest BCUT2D eigenvalue weighted by Gasteiger charge is -2.27. The second kappa shape index (κ2) is 4.84. The largest absolute Gasteiger partial charge is 0.367 e. The summed E-state index contributed by atoms with van der Waals surface area (Å²) >= 11 is 5.79. The van der Waals surface area contributed by atoms with Crippen molar-refractivity contribution in [3.63, 3.8) is 0 Å². The second-order valence-corrected chi connectivity index (χ2v) is 4.91. The van der Waals surface area contributed by atoms with Crippen LogP contribution >= 0.6 is 11.6 Å². The van der Waals surface area contributed by atoms with Gasteiger partial charge in [-0.2, -0.15) is 0 Å². The molecule has 1 fully saturated rings. The molecule has 2 atom stereocenters. The summed E-state index contributed by atoms with van der Waals surface area (Å²) in [4.78, 5) is 4.25. The molecule has 0 amide bonds. The van der Waals surface area contributed by atoms with E-state index in [9.17, 15) is 0 Å². The van der Waals surface area contributed by atoms with Gasteiger partial charge in [-0.25, -0.2) is 4.98 Å². The minimum absolute atomic E-state index is 0.586. The summed E-state index contributed by atoms with van der Waals surface area (Å²) in [7, 11) is 0. The third kappa shape index (κ3) is 3.10. The zero-order valence-electron chi connectivity index (χ0n) is 9.04. The van der Waals surface area contributed by atoms with Crippen LogP contribution in [-0.2, 0) is 0 Å². The van der Waals surface area contributed by atoms with Crippen LogP contribution in [0.3, 0.4) is 0 Å². The van der Waals surface area contributed by atoms with Gasteiger partial charge >= 0.3 is 0 Å². The van der Waals surface area contributed by atoms with Crippen LogP contribution in [0.5, 0.6) is 0 Å². The Bertz CT molecular complexity index is 310. The summed E-state index contributed by atoms with van der Waals surface area (Å²) < 4.78 is 0. The van der Waals surface area contributed by atoms with E-state index < -0.39 is 0 Å². The lowest BCUT2D eigenvalue weighted by Crippen LogP contribution is -2.26. The van der Waals surface area contributed by atoms with Gasteiger partial charge in [0.1, 0.15) is 5.82 Å². The number of nitrogens with one attached hydrogen (secondary N) is 1. The van der Waals surface area contributed by atoms with E-state index in [0.29, 0.717) is 11.1 Å². The Kier molecular flexibility index (Phi) is 3.47. The van der Waals surface area contributed by atoms with Crippen LogP contribution < -0.4 is 5.32 Å². The van der Waals surface area contributed by atoms with E-state index in [1.54, 1.807) is 6.20 Å². The molecule has 0 saturated heterocycles. The van der Waals surface area contributed by atoms with Crippen molar-refractivity contribution < 1.29 is 0 Å². The topological polar surface area (TPSA) is 24.9 Å². The predicted molar refractivity (Wildman–Crippen MR) is 64.3 cm³/mol. The highest BCUT2D eigenvalue weighted by Gasteiger charge is 2.18. The molecule has 0 radical (unpaired) electrons. The summed E-state index contributed by atoms with van der Waals surface area (Å²) in [6.07, 6.45) is 6.90. The Hall–Kier alpha value is -0.760. The Labute approximate surface area is 96.1 Å². The quantitative estimate of drug-likeness (QED) is 0.828. The van der Waals surface area contributed by atoms with Crippen LogP contribution in [0.25, 0.3) is 0 Å². The summed E-state index contributed by atoms with van der Waals surface area (Å²) in [5.74, 6) is 1.78. The van der Waals surface area contributed by atoms with E-state index in [1.807, 2.05) is 12.1 Å². The first kappa shape index (κ1) is 10.7. The lowest BCUT2D eigenvalue weighted by molar-refractivity contribution is 0.358. The second-order valence-electron chi connectivity index (χ2n) is 4.47. The summed E-state index contributed by atoms with van der Waals surface area (Å²) in [5.41, 5.74) is 0. The van der Waals surface area contributed by atoms with Crippen molar-refractivity contribution in [1.82, 2.24) is 4.98 Å². The predicted octanol–water partition coefficient (Wildman–Crippen LogP) is 3.73. The zero-order chi connectivity index (χ0) is 10.7. The number of hydrogen-bond acceptors (Lipinski definition) is 2. The molecule has 0 aliphatic heterocycles. The molecule has 1 aromatic rings. The van der Waals surface area contributed by atoms with Gasteiger partial charge in [-0.3, -0.25) is 0 Å². The van der Waals surface area contributed by atoms with Crippen LogP contribution in [0.1, 0.15) is 32.6 Å². The summed E-state index contributed by atoms with van der Waals surface area (Å²) in [6, 6.07) is 4.41. The fraction of sp³-hybridized carbons (Fsp3) is 0.583. The molecule has 2 rings (SSSR count). The van der Waals surface area contributed by atoms with Crippen LogP contribution in [0, 0.1) is 5.92 Å². The molecule has 1 saturated carbocycles. The van der Waals surface area contributed by atoms with Crippen LogP contribution in [-0.4, -0.2) is 11.0 Å². The fourth-order valence-electron chi connectivity index (χ4n) is 2.24. The van der Waals surface area contributed by atoms with Crippen LogP contribution in [0.15, 0.2) is 18.3 Å². The third-order valence-electron chi connectivity index (χ3n) is 3.02. The normalized spacial score (nSPS) is 26.3. The Morgan fingerprint density at radius 3 is 2.93 bits per heavy atom. The molecule has 0 bridgehead atoms. The Balaban J connectivity index is 1.93. The molecule has 1 N–H and O–H groups in total. The average molecular weight is 225 g/mol. The summed E-state index contributed by atoms with van der Waals surface area (Å²) in [5, 5.41) is 4.16. The highest BCUT2D eigenvalue weighted by atomic mass is 35.5. The number of anilines is 1. The van der Waals surface area contributed by atoms with Gasteiger partial charge in [0, 0.05) is 12.2 Å². The van der Waals surface area contributed by atoms with Gasteiger partial charge in [0.15, 0.2) is 0 Å². The number of hydrogen-bond donors (Lipinski definition) is 1. The van der Waals surface area contributed by atoms with Crippen molar-refractivity contribution in [2.45, 2.75) is 38.6 Å². The van der Waals surface area contributed by atoms with E-state index in [1.165, 1.54) is 25.7 Å². The van der Waals surface area contributed by atoms with E-state index >= 15 is 0 Å². The number of pyridine rings is 1. The van der Waals surface area contributed by atoms with Gasteiger partial charge in [0.25, 0.3) is 0 Å². The molecule has 82 valence electrons. The molecular weight excluding hydrogens is 208 g/mol. The fourth-order valence-corrected chi connectivity index (χ4v) is 2.35. The summed E-state index contributed by atoms with van der Waals surface area (Å²) in [6.45, 7) is 2.32. The zero-order valence-corrected chi connectivity index (χ0v) is 9.80. The van der Waals surface area contributed by atoms with E-state index in [4.69, 9.17) is 11.6 Å². The first-order valence-electron chi connectivity index (χ1n) is 5.62. The van der Waals surface area contributed by atoms with Crippen molar-refractivity contribution in [3.8, 4) is 0 Å². The number of nitrogens with zero attached hydrogens (tertiary/aromatic N) is 1. The van der Waals surface area contributed by atoms with Crippen molar-refractivity contribution in [1.29, 1.82) is 0 Å². The first-order valence-corrected chi connectivity index (χ1v) is 6.00. The van der Waals surface area contributed by atoms with E-state index in [0.717, 1.165) is 11.7 Å². The monoisotopic (exact) mass is 224 g/mol. The number of rotatable bonds is 2. The molecule has 0 aromatic carbocycles. The number of halogens is 1. The van der Waals surface area contributed by atoms with E-state index in [-0.39, 0.29) is 0 Å². The molecule has 15 heavy (non-hydrogen) atoms. The molecule has 0 spiro atoms. The highest BCUT2D eigenvalue weighted by molar-refractivity contribution is 6.30. The van der Waals surface area contributed by atoms with Crippen molar-refractivity contribution in [2.75, 3.05) is 5.32 Å². The smallest absolute Gasteiger partial charge is 0.126 e. The standard InChI is InChI=1S/C12H17ClN2/c1-9-3-2-4-11(7-9)15-12-6-5-10(13)8-14-12/h5-6,8-9,11H,2-4,7H2,1H3,(H,14,15). The SMILES string of the molecule is CC1CCCC(Nc2ccc(Cl)cn2)C1. The maximum atomic E-state index is 5.79. The molecule has 1 aliphatic rings. The van der Waals surface area contributed by atoms with Gasteiger partial charge in [-0.05, 0) is 30.9 Å². The van der Waals surface area contributed by atoms with Crippen LogP contribution in [0.2, 0.25) is 5.02 Å². The number of aromatic nitrogens is 1. The Morgan fingerprint density at radius 1 is 1.40 bits per heavy atom. The molecule has 3 heteroatoms. The van der Waals surface area contributed by atoms with Crippen LogP contribution in [0.4, 0.5) is 5.82 Å². The molecule has 1 aliphatic carbocycles.